The summed E-state index contributed by atoms with van der Waals surface area (Å²) in [5.41, 5.74) is 0.937. The van der Waals surface area contributed by atoms with E-state index in [1.807, 2.05) is 30.3 Å². The number of aromatic nitrogens is 2. The third-order valence-electron chi connectivity index (χ3n) is 3.40. The molecule has 0 aliphatic heterocycles. The van der Waals surface area contributed by atoms with Crippen LogP contribution in [-0.2, 0) is 4.79 Å². The van der Waals surface area contributed by atoms with Gasteiger partial charge in [0.25, 0.3) is 0 Å². The lowest BCUT2D eigenvalue weighted by Gasteiger charge is -2.08. The van der Waals surface area contributed by atoms with Crippen molar-refractivity contribution in [1.82, 2.24) is 9.78 Å². The van der Waals surface area contributed by atoms with Crippen LogP contribution in [-0.4, -0.2) is 33.2 Å². The van der Waals surface area contributed by atoms with E-state index in [1.165, 1.54) is 23.1 Å². The average Bonchev–Trinajstić information content (AvgIpc) is 3.11. The third kappa shape index (κ3) is 3.72. The number of ether oxygens (including phenoxy) is 1. The van der Waals surface area contributed by atoms with E-state index < -0.39 is 24.2 Å². The van der Waals surface area contributed by atoms with Crippen LogP contribution in [0, 0.1) is 5.82 Å². The normalized spacial score (nSPS) is 10.4. The molecule has 25 heavy (non-hydrogen) atoms. The number of carboxylic acids is 1. The lowest BCUT2D eigenvalue weighted by atomic mass is 10.1. The van der Waals surface area contributed by atoms with E-state index in [9.17, 15) is 14.0 Å². The van der Waals surface area contributed by atoms with Gasteiger partial charge in [-0.25, -0.2) is 13.9 Å². The summed E-state index contributed by atoms with van der Waals surface area (Å²) in [6.45, 7) is -0.630. The number of aliphatic carboxylic acids is 1. The summed E-state index contributed by atoms with van der Waals surface area (Å²) < 4.78 is 20.1. The van der Waals surface area contributed by atoms with Crippen LogP contribution in [0.4, 0.5) is 4.39 Å². The Morgan fingerprint density at radius 2 is 1.92 bits per heavy atom. The molecule has 6 nitrogen and oxygen atoms in total. The van der Waals surface area contributed by atoms with Gasteiger partial charge in [0.05, 0.1) is 23.0 Å². The van der Waals surface area contributed by atoms with E-state index in [0.29, 0.717) is 0 Å². The second-order valence-corrected chi connectivity index (χ2v) is 5.16. The van der Waals surface area contributed by atoms with Crippen LogP contribution in [0.15, 0.2) is 60.9 Å². The van der Waals surface area contributed by atoms with Crippen molar-refractivity contribution in [2.45, 2.75) is 0 Å². The summed E-state index contributed by atoms with van der Waals surface area (Å²) in [6, 6.07) is 12.5. The zero-order chi connectivity index (χ0) is 17.8. The van der Waals surface area contributed by atoms with Crippen molar-refractivity contribution < 1.29 is 23.8 Å². The summed E-state index contributed by atoms with van der Waals surface area (Å²) in [5, 5.41) is 12.8. The maximum Gasteiger partial charge on any atom is 0.341 e. The van der Waals surface area contributed by atoms with Crippen molar-refractivity contribution >= 4 is 11.8 Å². The number of benzene rings is 2. The number of ketones is 1. The standard InChI is InChI=1S/C18H13FN2O4/c19-13-6-7-16(25-11-17(22)23)15(8-13)18(24)12-9-20-21(10-12)14-4-2-1-3-5-14/h1-10H,11H2,(H,22,23). The van der Waals surface area contributed by atoms with Crippen LogP contribution in [0.3, 0.4) is 0 Å². The highest BCUT2D eigenvalue weighted by atomic mass is 19.1. The van der Waals surface area contributed by atoms with Crippen molar-refractivity contribution in [3.8, 4) is 11.4 Å². The minimum absolute atomic E-state index is 0.00117. The maximum atomic E-state index is 13.5. The molecule has 0 amide bonds. The molecule has 0 fully saturated rings. The molecule has 0 aliphatic rings. The van der Waals surface area contributed by atoms with E-state index in [-0.39, 0.29) is 16.9 Å². The molecule has 3 aromatic rings. The first-order valence-electron chi connectivity index (χ1n) is 7.33. The predicted molar refractivity (Wildman–Crippen MR) is 86.5 cm³/mol. The SMILES string of the molecule is O=C(O)COc1ccc(F)cc1C(=O)c1cnn(-c2ccccc2)c1. The van der Waals surface area contributed by atoms with Crippen molar-refractivity contribution in [3.05, 3.63) is 77.9 Å². The third-order valence-corrected chi connectivity index (χ3v) is 3.40. The van der Waals surface area contributed by atoms with Crippen molar-refractivity contribution in [2.75, 3.05) is 6.61 Å². The first-order valence-corrected chi connectivity index (χ1v) is 7.33. The molecule has 0 saturated heterocycles. The largest absolute Gasteiger partial charge is 0.481 e. The van der Waals surface area contributed by atoms with Gasteiger partial charge < -0.3 is 9.84 Å². The summed E-state index contributed by atoms with van der Waals surface area (Å²) in [5.74, 6) is -2.33. The monoisotopic (exact) mass is 340 g/mol. The van der Waals surface area contributed by atoms with Crippen LogP contribution >= 0.6 is 0 Å². The van der Waals surface area contributed by atoms with Crippen LogP contribution < -0.4 is 4.74 Å². The Kier molecular flexibility index (Phi) is 4.56. The lowest BCUT2D eigenvalue weighted by Crippen LogP contribution is -2.12. The Labute approximate surface area is 142 Å². The van der Waals surface area contributed by atoms with Crippen LogP contribution in [0.5, 0.6) is 5.75 Å². The summed E-state index contributed by atoms with van der Waals surface area (Å²) in [4.78, 5) is 23.3. The minimum Gasteiger partial charge on any atom is -0.481 e. The molecule has 7 heteroatoms. The molecule has 1 N–H and O–H groups in total. The molecule has 1 aromatic heterocycles. The second-order valence-electron chi connectivity index (χ2n) is 5.16. The molecular formula is C18H13FN2O4. The molecule has 0 atom stereocenters. The van der Waals surface area contributed by atoms with Crippen molar-refractivity contribution in [3.63, 3.8) is 0 Å². The number of hydrogen-bond acceptors (Lipinski definition) is 4. The number of carboxylic acid groups (broad SMARTS) is 1. The molecule has 0 bridgehead atoms. The van der Waals surface area contributed by atoms with E-state index in [0.717, 1.165) is 17.8 Å². The zero-order valence-corrected chi connectivity index (χ0v) is 12.9. The molecule has 1 heterocycles. The molecular weight excluding hydrogens is 327 g/mol. The summed E-state index contributed by atoms with van der Waals surface area (Å²) in [7, 11) is 0. The number of carbonyl (C=O) groups excluding carboxylic acids is 1. The van der Waals surface area contributed by atoms with Gasteiger partial charge >= 0.3 is 5.97 Å². The highest BCUT2D eigenvalue weighted by Crippen LogP contribution is 2.23. The molecule has 126 valence electrons. The highest BCUT2D eigenvalue weighted by molar-refractivity contribution is 6.10. The number of carbonyl (C=O) groups is 2. The Hall–Kier alpha value is -3.48. The topological polar surface area (TPSA) is 81.4 Å². The van der Waals surface area contributed by atoms with Gasteiger partial charge in [-0.1, -0.05) is 18.2 Å². The molecule has 0 aliphatic carbocycles. The van der Waals surface area contributed by atoms with E-state index in [4.69, 9.17) is 9.84 Å². The molecule has 3 rings (SSSR count). The molecule has 0 unspecified atom stereocenters. The van der Waals surface area contributed by atoms with Gasteiger partial charge in [0.15, 0.2) is 12.4 Å². The van der Waals surface area contributed by atoms with E-state index in [1.54, 1.807) is 0 Å². The molecule has 2 aromatic carbocycles. The highest BCUT2D eigenvalue weighted by Gasteiger charge is 2.18. The van der Waals surface area contributed by atoms with Gasteiger partial charge in [0.2, 0.25) is 0 Å². The molecule has 0 spiro atoms. The van der Waals surface area contributed by atoms with Gasteiger partial charge in [0.1, 0.15) is 11.6 Å². The summed E-state index contributed by atoms with van der Waals surface area (Å²) >= 11 is 0. The number of nitrogens with zero attached hydrogens (tertiary/aromatic N) is 2. The zero-order valence-electron chi connectivity index (χ0n) is 12.9. The van der Waals surface area contributed by atoms with Gasteiger partial charge in [-0.2, -0.15) is 5.10 Å². The first-order chi connectivity index (χ1) is 12.0. The average molecular weight is 340 g/mol. The van der Waals surface area contributed by atoms with Crippen molar-refractivity contribution in [1.29, 1.82) is 0 Å². The number of hydrogen-bond donors (Lipinski definition) is 1. The quantitative estimate of drug-likeness (QED) is 0.698. The smallest absolute Gasteiger partial charge is 0.341 e. The predicted octanol–water partition coefficient (Wildman–Crippen LogP) is 2.71. The number of halogens is 1. The lowest BCUT2D eigenvalue weighted by molar-refractivity contribution is -0.139. The fourth-order valence-corrected chi connectivity index (χ4v) is 2.26. The molecule has 0 radical (unpaired) electrons. The summed E-state index contributed by atoms with van der Waals surface area (Å²) in [6.07, 6.45) is 2.88. The van der Waals surface area contributed by atoms with Crippen LogP contribution in [0.25, 0.3) is 5.69 Å². The Morgan fingerprint density at radius 1 is 1.16 bits per heavy atom. The van der Waals surface area contributed by atoms with E-state index >= 15 is 0 Å². The number of para-hydroxylation sites is 1. The fraction of sp³-hybridized carbons (Fsp3) is 0.0556. The molecule has 0 saturated carbocycles. The maximum absolute atomic E-state index is 13.5. The van der Waals surface area contributed by atoms with Gasteiger partial charge in [-0.05, 0) is 30.3 Å². The number of rotatable bonds is 6. The van der Waals surface area contributed by atoms with Crippen LogP contribution in [0.2, 0.25) is 0 Å². The van der Waals surface area contributed by atoms with Gasteiger partial charge in [0, 0.05) is 6.20 Å². The van der Waals surface area contributed by atoms with Crippen molar-refractivity contribution in [2.24, 2.45) is 0 Å². The first kappa shape index (κ1) is 16.4. The second kappa shape index (κ2) is 6.96. The Balaban J connectivity index is 1.92. The van der Waals surface area contributed by atoms with Crippen LogP contribution in [0.1, 0.15) is 15.9 Å². The Bertz CT molecular complexity index is 922. The van der Waals surface area contributed by atoms with E-state index in [2.05, 4.69) is 5.10 Å². The van der Waals surface area contributed by atoms with Gasteiger partial charge in [-0.15, -0.1) is 0 Å². The Morgan fingerprint density at radius 3 is 2.64 bits per heavy atom. The fourth-order valence-electron chi connectivity index (χ4n) is 2.26. The minimum atomic E-state index is -1.19. The van der Waals surface area contributed by atoms with Gasteiger partial charge in [-0.3, -0.25) is 4.79 Å².